The summed E-state index contributed by atoms with van der Waals surface area (Å²) in [5.74, 6) is -1.34. The minimum Gasteiger partial charge on any atom is -0.508 e. The number of hydrogen-bond donors (Lipinski definition) is 4. The predicted octanol–water partition coefficient (Wildman–Crippen LogP) is 6.12. The van der Waals surface area contributed by atoms with E-state index in [-0.39, 0.29) is 23.0 Å². The van der Waals surface area contributed by atoms with E-state index in [1.54, 1.807) is 0 Å². The number of phenolic OH excluding ortho intramolecular Hbond substituents is 2. The van der Waals surface area contributed by atoms with Crippen LogP contribution in [0.25, 0.3) is 0 Å². The standard InChI is InChI=1S/C25H42N2O4/c1-2-3-4-5-6-7-8-9-10-11-12-13-14-15-16-17-24(30)26-27-25(31)22-19-18-21(28)20-23(22)29/h18-20,28-29H,2-17H2,1H3,(H,26,30)(H,27,31). The lowest BCUT2D eigenvalue weighted by atomic mass is 10.0. The van der Waals surface area contributed by atoms with Crippen LogP contribution < -0.4 is 10.9 Å². The summed E-state index contributed by atoms with van der Waals surface area (Å²) in [6, 6.07) is 3.67. The highest BCUT2D eigenvalue weighted by atomic mass is 16.3. The molecule has 4 N–H and O–H groups in total. The largest absolute Gasteiger partial charge is 0.508 e. The van der Waals surface area contributed by atoms with Gasteiger partial charge in [0, 0.05) is 12.5 Å². The number of phenols is 2. The molecule has 0 unspecified atom stereocenters. The number of benzene rings is 1. The van der Waals surface area contributed by atoms with E-state index in [1.807, 2.05) is 0 Å². The summed E-state index contributed by atoms with van der Waals surface area (Å²) < 4.78 is 0. The third-order valence-corrected chi connectivity index (χ3v) is 5.55. The molecule has 0 heterocycles. The van der Waals surface area contributed by atoms with Gasteiger partial charge in [0.15, 0.2) is 0 Å². The van der Waals surface area contributed by atoms with E-state index in [0.29, 0.717) is 6.42 Å². The van der Waals surface area contributed by atoms with E-state index < -0.39 is 5.91 Å². The fraction of sp³-hybridized carbons (Fsp3) is 0.680. The molecule has 0 spiro atoms. The first-order chi connectivity index (χ1) is 15.0. The number of aromatic hydroxyl groups is 2. The molecule has 0 saturated carbocycles. The Labute approximate surface area is 187 Å². The predicted molar refractivity (Wildman–Crippen MR) is 125 cm³/mol. The molecule has 0 fully saturated rings. The second-order valence-corrected chi connectivity index (χ2v) is 8.40. The lowest BCUT2D eigenvalue weighted by molar-refractivity contribution is -0.122. The quantitative estimate of drug-likeness (QED) is 0.175. The average Bonchev–Trinajstić information content (AvgIpc) is 2.74. The van der Waals surface area contributed by atoms with Gasteiger partial charge in [0.05, 0.1) is 5.56 Å². The zero-order valence-corrected chi connectivity index (χ0v) is 19.3. The Kier molecular flexibility index (Phi) is 15.1. The number of nitrogens with one attached hydrogen (secondary N) is 2. The zero-order valence-electron chi connectivity index (χ0n) is 19.3. The Morgan fingerprint density at radius 3 is 1.68 bits per heavy atom. The van der Waals surface area contributed by atoms with Crippen LogP contribution in [0, 0.1) is 0 Å². The molecule has 6 heteroatoms. The van der Waals surface area contributed by atoms with Crippen LogP contribution in [0.5, 0.6) is 11.5 Å². The second kappa shape index (κ2) is 17.4. The average molecular weight is 435 g/mol. The van der Waals surface area contributed by atoms with Crippen molar-refractivity contribution in [1.29, 1.82) is 0 Å². The lowest BCUT2D eigenvalue weighted by Gasteiger charge is -2.08. The van der Waals surface area contributed by atoms with E-state index in [4.69, 9.17) is 0 Å². The maximum atomic E-state index is 11.9. The molecule has 176 valence electrons. The summed E-state index contributed by atoms with van der Waals surface area (Å²) in [7, 11) is 0. The van der Waals surface area contributed by atoms with Crippen LogP contribution in [0.3, 0.4) is 0 Å². The molecule has 31 heavy (non-hydrogen) atoms. The van der Waals surface area contributed by atoms with Gasteiger partial charge in [-0.05, 0) is 18.6 Å². The van der Waals surface area contributed by atoms with E-state index in [2.05, 4.69) is 17.8 Å². The first-order valence-corrected chi connectivity index (χ1v) is 12.2. The van der Waals surface area contributed by atoms with Crippen molar-refractivity contribution in [2.45, 2.75) is 110 Å². The maximum absolute atomic E-state index is 11.9. The van der Waals surface area contributed by atoms with Crippen molar-refractivity contribution in [1.82, 2.24) is 10.9 Å². The first-order valence-electron chi connectivity index (χ1n) is 12.2. The van der Waals surface area contributed by atoms with E-state index >= 15 is 0 Å². The number of carbonyl (C=O) groups excluding carboxylic acids is 2. The molecule has 0 aliphatic carbocycles. The van der Waals surface area contributed by atoms with Crippen molar-refractivity contribution >= 4 is 11.8 Å². The topological polar surface area (TPSA) is 98.7 Å². The van der Waals surface area contributed by atoms with E-state index in [9.17, 15) is 19.8 Å². The van der Waals surface area contributed by atoms with Gasteiger partial charge >= 0.3 is 0 Å². The van der Waals surface area contributed by atoms with Crippen LogP contribution in [0.15, 0.2) is 18.2 Å². The van der Waals surface area contributed by atoms with Gasteiger partial charge < -0.3 is 10.2 Å². The summed E-state index contributed by atoms with van der Waals surface area (Å²) in [5, 5.41) is 18.9. The van der Waals surface area contributed by atoms with Crippen LogP contribution in [-0.2, 0) is 4.79 Å². The van der Waals surface area contributed by atoms with Gasteiger partial charge in [-0.3, -0.25) is 20.4 Å². The Morgan fingerprint density at radius 1 is 0.710 bits per heavy atom. The summed E-state index contributed by atoms with van der Waals surface area (Å²) in [5.41, 5.74) is 4.63. The van der Waals surface area contributed by atoms with Crippen molar-refractivity contribution in [3.05, 3.63) is 23.8 Å². The summed E-state index contributed by atoms with van der Waals surface area (Å²) in [6.07, 6.45) is 19.5. The van der Waals surface area contributed by atoms with Gasteiger partial charge in [0.25, 0.3) is 5.91 Å². The van der Waals surface area contributed by atoms with Crippen molar-refractivity contribution in [3.63, 3.8) is 0 Å². The molecular formula is C25H42N2O4. The van der Waals surface area contributed by atoms with Crippen molar-refractivity contribution in [3.8, 4) is 11.5 Å². The summed E-state index contributed by atoms with van der Waals surface area (Å²) >= 11 is 0. The molecular weight excluding hydrogens is 392 g/mol. The Bertz CT molecular complexity index is 634. The van der Waals surface area contributed by atoms with Crippen molar-refractivity contribution in [2.75, 3.05) is 0 Å². The summed E-state index contributed by atoms with van der Waals surface area (Å²) in [4.78, 5) is 23.8. The van der Waals surface area contributed by atoms with Gasteiger partial charge in [-0.1, -0.05) is 96.8 Å². The van der Waals surface area contributed by atoms with Gasteiger partial charge in [0.1, 0.15) is 11.5 Å². The number of unbranched alkanes of at least 4 members (excludes halogenated alkanes) is 14. The normalized spacial score (nSPS) is 10.7. The highest BCUT2D eigenvalue weighted by Gasteiger charge is 2.12. The highest BCUT2D eigenvalue weighted by molar-refractivity contribution is 5.97. The second-order valence-electron chi connectivity index (χ2n) is 8.40. The third kappa shape index (κ3) is 13.6. The lowest BCUT2D eigenvalue weighted by Crippen LogP contribution is -2.41. The number of carbonyl (C=O) groups is 2. The van der Waals surface area contributed by atoms with Gasteiger partial charge in [-0.2, -0.15) is 0 Å². The molecule has 0 aliphatic rings. The fourth-order valence-electron chi connectivity index (χ4n) is 3.63. The molecule has 1 rings (SSSR count). The monoisotopic (exact) mass is 434 g/mol. The SMILES string of the molecule is CCCCCCCCCCCCCCCCCC(=O)NNC(=O)c1ccc(O)cc1O. The minimum absolute atomic E-state index is 0.00919. The van der Waals surface area contributed by atoms with Crippen molar-refractivity contribution in [2.24, 2.45) is 0 Å². The molecule has 0 radical (unpaired) electrons. The molecule has 0 aliphatic heterocycles. The first kappa shape index (κ1) is 26.8. The number of rotatable bonds is 17. The van der Waals surface area contributed by atoms with Crippen LogP contribution in [-0.4, -0.2) is 22.0 Å². The molecule has 2 amide bonds. The molecule has 1 aromatic carbocycles. The van der Waals surface area contributed by atoms with E-state index in [1.165, 1.54) is 89.2 Å². The van der Waals surface area contributed by atoms with Crippen LogP contribution in [0.1, 0.15) is 120 Å². The van der Waals surface area contributed by atoms with Gasteiger partial charge in [-0.25, -0.2) is 0 Å². The highest BCUT2D eigenvalue weighted by Crippen LogP contribution is 2.22. The van der Waals surface area contributed by atoms with E-state index in [0.717, 1.165) is 25.3 Å². The molecule has 6 nitrogen and oxygen atoms in total. The molecule has 0 aromatic heterocycles. The Balaban J connectivity index is 1.91. The molecule has 0 saturated heterocycles. The van der Waals surface area contributed by atoms with Gasteiger partial charge in [0.2, 0.25) is 5.91 Å². The zero-order chi connectivity index (χ0) is 22.7. The van der Waals surface area contributed by atoms with Gasteiger partial charge in [-0.15, -0.1) is 0 Å². The molecule has 0 atom stereocenters. The molecule has 0 bridgehead atoms. The summed E-state index contributed by atoms with van der Waals surface area (Å²) in [6.45, 7) is 2.26. The van der Waals surface area contributed by atoms with Crippen LogP contribution in [0.4, 0.5) is 0 Å². The maximum Gasteiger partial charge on any atom is 0.273 e. The number of hydrazine groups is 1. The minimum atomic E-state index is -0.623. The van der Waals surface area contributed by atoms with Crippen LogP contribution in [0.2, 0.25) is 0 Å². The Hall–Kier alpha value is -2.24. The third-order valence-electron chi connectivity index (χ3n) is 5.55. The van der Waals surface area contributed by atoms with Crippen molar-refractivity contribution < 1.29 is 19.8 Å². The molecule has 1 aromatic rings. The Morgan fingerprint density at radius 2 is 1.19 bits per heavy atom. The smallest absolute Gasteiger partial charge is 0.273 e. The number of hydrogen-bond acceptors (Lipinski definition) is 4. The fourth-order valence-corrected chi connectivity index (χ4v) is 3.63. The number of amides is 2. The van der Waals surface area contributed by atoms with Crippen LogP contribution >= 0.6 is 0 Å².